The second kappa shape index (κ2) is 5.80. The minimum absolute atomic E-state index is 0.0613. The van der Waals surface area contributed by atoms with Crippen LogP contribution in [0.3, 0.4) is 0 Å². The van der Waals surface area contributed by atoms with Crippen molar-refractivity contribution in [2.24, 2.45) is 0 Å². The van der Waals surface area contributed by atoms with Crippen LogP contribution < -0.4 is 5.56 Å². The molecular formula is C17H21N7O. The highest BCUT2D eigenvalue weighted by Crippen LogP contribution is 2.28. The molecule has 0 spiro atoms. The molecule has 3 aromatic heterocycles. The summed E-state index contributed by atoms with van der Waals surface area (Å²) in [6, 6.07) is 3.45. The lowest BCUT2D eigenvalue weighted by atomic mass is 9.97. The third-order valence-electron chi connectivity index (χ3n) is 5.33. The number of nitrogens with zero attached hydrogens (tertiary/aromatic N) is 6. The van der Waals surface area contributed by atoms with Gasteiger partial charge in [-0.1, -0.05) is 0 Å². The molecule has 5 rings (SSSR count). The van der Waals surface area contributed by atoms with Crippen molar-refractivity contribution >= 4 is 5.65 Å². The number of hydrogen-bond donors (Lipinski definition) is 1. The molecular weight excluding hydrogens is 318 g/mol. The van der Waals surface area contributed by atoms with Gasteiger partial charge in [0.25, 0.3) is 5.56 Å². The second-order valence-corrected chi connectivity index (χ2v) is 7.05. The fraction of sp³-hybridized carbons (Fsp3) is 0.529. The first-order valence-corrected chi connectivity index (χ1v) is 8.98. The van der Waals surface area contributed by atoms with Crippen molar-refractivity contribution in [1.29, 1.82) is 0 Å². The minimum atomic E-state index is -0.0613. The fourth-order valence-corrected chi connectivity index (χ4v) is 4.17. The summed E-state index contributed by atoms with van der Waals surface area (Å²) in [5.41, 5.74) is 1.44. The van der Waals surface area contributed by atoms with Crippen LogP contribution in [0.4, 0.5) is 0 Å². The molecule has 1 saturated heterocycles. The van der Waals surface area contributed by atoms with E-state index in [2.05, 4.69) is 29.7 Å². The van der Waals surface area contributed by atoms with Crippen molar-refractivity contribution in [3.63, 3.8) is 0 Å². The van der Waals surface area contributed by atoms with Crippen LogP contribution in [0, 0.1) is 0 Å². The Labute approximate surface area is 144 Å². The number of aromatic nitrogens is 6. The third kappa shape index (κ3) is 2.57. The van der Waals surface area contributed by atoms with Gasteiger partial charge in [-0.15, -0.1) is 10.2 Å². The standard InChI is InChI=1S/C17H21N7O/c25-16-9-13(19-14-5-6-18-24(14)16)11-22-7-1-3-12(10-22)17-21-20-15-4-2-8-23(15)17/h5-6,9,12,18H,1-4,7-8,10-11H2. The van der Waals surface area contributed by atoms with Crippen LogP contribution in [0.1, 0.15) is 42.5 Å². The van der Waals surface area contributed by atoms with Crippen LogP contribution in [-0.2, 0) is 19.5 Å². The maximum Gasteiger partial charge on any atom is 0.272 e. The van der Waals surface area contributed by atoms with E-state index < -0.39 is 0 Å². The van der Waals surface area contributed by atoms with E-state index in [4.69, 9.17) is 0 Å². The summed E-state index contributed by atoms with van der Waals surface area (Å²) in [6.07, 6.45) is 6.25. The van der Waals surface area contributed by atoms with Gasteiger partial charge in [-0.2, -0.15) is 0 Å². The van der Waals surface area contributed by atoms with Crippen LogP contribution in [0.15, 0.2) is 23.1 Å². The molecule has 1 unspecified atom stereocenters. The van der Waals surface area contributed by atoms with Gasteiger partial charge in [0.2, 0.25) is 0 Å². The summed E-state index contributed by atoms with van der Waals surface area (Å²) in [5, 5.41) is 11.7. The van der Waals surface area contributed by atoms with Crippen molar-refractivity contribution in [3.05, 3.63) is 46.0 Å². The van der Waals surface area contributed by atoms with Gasteiger partial charge in [-0.05, 0) is 25.8 Å². The number of aromatic amines is 1. The van der Waals surface area contributed by atoms with Crippen molar-refractivity contribution in [2.75, 3.05) is 13.1 Å². The average molecular weight is 339 g/mol. The zero-order valence-corrected chi connectivity index (χ0v) is 14.1. The van der Waals surface area contributed by atoms with E-state index in [1.807, 2.05) is 6.07 Å². The van der Waals surface area contributed by atoms with E-state index in [-0.39, 0.29) is 5.56 Å². The number of aryl methyl sites for hydroxylation is 1. The van der Waals surface area contributed by atoms with Gasteiger partial charge in [0.15, 0.2) is 5.65 Å². The summed E-state index contributed by atoms with van der Waals surface area (Å²) >= 11 is 0. The van der Waals surface area contributed by atoms with Gasteiger partial charge in [-0.25, -0.2) is 9.50 Å². The molecule has 1 fully saturated rings. The Kier molecular flexibility index (Phi) is 3.44. The number of nitrogens with one attached hydrogen (secondary N) is 1. The molecule has 0 bridgehead atoms. The van der Waals surface area contributed by atoms with Crippen molar-refractivity contribution in [1.82, 2.24) is 34.3 Å². The summed E-state index contributed by atoms with van der Waals surface area (Å²) in [7, 11) is 0. The van der Waals surface area contributed by atoms with Gasteiger partial charge in [0.1, 0.15) is 11.6 Å². The zero-order chi connectivity index (χ0) is 16.8. The quantitative estimate of drug-likeness (QED) is 0.768. The Morgan fingerprint density at radius 1 is 1.24 bits per heavy atom. The van der Waals surface area contributed by atoms with E-state index in [1.165, 1.54) is 10.9 Å². The maximum atomic E-state index is 12.1. The second-order valence-electron chi connectivity index (χ2n) is 7.05. The fourth-order valence-electron chi connectivity index (χ4n) is 4.17. The van der Waals surface area contributed by atoms with Gasteiger partial charge in [-0.3, -0.25) is 14.8 Å². The lowest BCUT2D eigenvalue weighted by Gasteiger charge is -2.31. The highest BCUT2D eigenvalue weighted by atomic mass is 16.1. The molecule has 1 N–H and O–H groups in total. The number of piperidine rings is 1. The molecule has 3 aromatic rings. The summed E-state index contributed by atoms with van der Waals surface area (Å²) in [4.78, 5) is 19.1. The third-order valence-corrected chi connectivity index (χ3v) is 5.33. The molecule has 25 heavy (non-hydrogen) atoms. The number of likely N-dealkylation sites (tertiary alicyclic amines) is 1. The average Bonchev–Trinajstić information content (AvgIpc) is 3.31. The highest BCUT2D eigenvalue weighted by molar-refractivity contribution is 5.36. The Morgan fingerprint density at radius 3 is 3.16 bits per heavy atom. The number of fused-ring (bicyclic) bond motifs is 2. The number of H-pyrrole nitrogens is 1. The van der Waals surface area contributed by atoms with Crippen LogP contribution >= 0.6 is 0 Å². The largest absolute Gasteiger partial charge is 0.315 e. The molecule has 0 aliphatic carbocycles. The Bertz CT molecular complexity index is 969. The lowest BCUT2D eigenvalue weighted by Crippen LogP contribution is -2.35. The maximum absolute atomic E-state index is 12.1. The highest BCUT2D eigenvalue weighted by Gasteiger charge is 2.28. The Morgan fingerprint density at radius 2 is 2.20 bits per heavy atom. The summed E-state index contributed by atoms with van der Waals surface area (Å²) < 4.78 is 3.77. The predicted molar refractivity (Wildman–Crippen MR) is 91.4 cm³/mol. The smallest absolute Gasteiger partial charge is 0.272 e. The van der Waals surface area contributed by atoms with Gasteiger partial charge in [0, 0.05) is 50.3 Å². The van der Waals surface area contributed by atoms with Crippen molar-refractivity contribution in [2.45, 2.75) is 44.7 Å². The van der Waals surface area contributed by atoms with E-state index in [0.717, 1.165) is 56.2 Å². The van der Waals surface area contributed by atoms with Crippen LogP contribution in [0.25, 0.3) is 5.65 Å². The molecule has 0 radical (unpaired) electrons. The molecule has 2 aliphatic heterocycles. The van der Waals surface area contributed by atoms with Crippen LogP contribution in [0.5, 0.6) is 0 Å². The SMILES string of the molecule is O=c1cc(CN2CCCC(c3nnc4n3CCC4)C2)nc2cc[nH]n12. The monoisotopic (exact) mass is 339 g/mol. The summed E-state index contributed by atoms with van der Waals surface area (Å²) in [6.45, 7) is 3.74. The first-order chi connectivity index (χ1) is 12.3. The van der Waals surface area contributed by atoms with Gasteiger partial charge in [0.05, 0.1) is 5.69 Å². The molecule has 8 heteroatoms. The molecule has 2 aliphatic rings. The number of rotatable bonds is 3. The molecule has 0 saturated carbocycles. The van der Waals surface area contributed by atoms with E-state index >= 15 is 0 Å². The van der Waals surface area contributed by atoms with Gasteiger partial charge < -0.3 is 4.57 Å². The molecule has 130 valence electrons. The molecule has 8 nitrogen and oxygen atoms in total. The van der Waals surface area contributed by atoms with Crippen LogP contribution in [0.2, 0.25) is 0 Å². The van der Waals surface area contributed by atoms with E-state index in [0.29, 0.717) is 18.1 Å². The summed E-state index contributed by atoms with van der Waals surface area (Å²) in [5.74, 6) is 2.70. The molecule has 1 atom stereocenters. The topological polar surface area (TPSA) is 84.1 Å². The predicted octanol–water partition coefficient (Wildman–Crippen LogP) is 0.940. The zero-order valence-electron chi connectivity index (χ0n) is 14.1. The van der Waals surface area contributed by atoms with E-state index in [9.17, 15) is 4.79 Å². The Balaban J connectivity index is 1.36. The number of hydrogen-bond acceptors (Lipinski definition) is 5. The van der Waals surface area contributed by atoms with Gasteiger partial charge >= 0.3 is 0 Å². The van der Waals surface area contributed by atoms with Crippen LogP contribution in [-0.4, -0.2) is 47.4 Å². The van der Waals surface area contributed by atoms with Crippen molar-refractivity contribution in [3.8, 4) is 0 Å². The molecule has 5 heterocycles. The molecule has 0 aromatic carbocycles. The first-order valence-electron chi connectivity index (χ1n) is 8.98. The first kappa shape index (κ1) is 14.8. The minimum Gasteiger partial charge on any atom is -0.315 e. The Hall–Kier alpha value is -2.48. The van der Waals surface area contributed by atoms with Crippen molar-refractivity contribution < 1.29 is 0 Å². The lowest BCUT2D eigenvalue weighted by molar-refractivity contribution is 0.192. The normalized spacial score (nSPS) is 21.0. The van der Waals surface area contributed by atoms with E-state index in [1.54, 1.807) is 12.3 Å². The molecule has 0 amide bonds.